The molecule has 0 amide bonds. The molecule has 1 radical (unpaired) electrons. The van der Waals surface area contributed by atoms with Crippen LogP contribution in [0.25, 0.3) is 0 Å². The van der Waals surface area contributed by atoms with E-state index in [9.17, 15) is 5.11 Å². The molecule has 0 spiro atoms. The summed E-state index contributed by atoms with van der Waals surface area (Å²) in [7, 11) is -1.46. The molecule has 0 fully saturated rings. The third-order valence-corrected chi connectivity index (χ3v) is 6.96. The SMILES string of the molecule is CC(C)(C)c1ccc([Si](Oc2cccc(C(C)(C)O)c2)c2ccccc2)cc1. The van der Waals surface area contributed by atoms with Gasteiger partial charge in [-0.2, -0.15) is 0 Å². The summed E-state index contributed by atoms with van der Waals surface area (Å²) in [5.74, 6) is 0.789. The zero-order valence-corrected chi connectivity index (χ0v) is 18.4. The molecular weight excluding hydrogens is 360 g/mol. The Morgan fingerprint density at radius 1 is 0.679 bits per heavy atom. The fraction of sp³-hybridized carbons (Fsp3) is 0.280. The summed E-state index contributed by atoms with van der Waals surface area (Å²) < 4.78 is 6.54. The molecule has 0 saturated heterocycles. The number of benzene rings is 3. The van der Waals surface area contributed by atoms with Gasteiger partial charge in [-0.25, -0.2) is 0 Å². The van der Waals surface area contributed by atoms with Crippen molar-refractivity contribution in [2.24, 2.45) is 0 Å². The quantitative estimate of drug-likeness (QED) is 0.656. The third kappa shape index (κ3) is 4.92. The zero-order valence-electron chi connectivity index (χ0n) is 17.4. The van der Waals surface area contributed by atoms with Crippen LogP contribution in [-0.4, -0.2) is 14.1 Å². The topological polar surface area (TPSA) is 29.5 Å². The molecule has 2 nitrogen and oxygen atoms in total. The molecule has 0 heterocycles. The summed E-state index contributed by atoms with van der Waals surface area (Å²) in [6.45, 7) is 10.3. The van der Waals surface area contributed by atoms with Crippen LogP contribution in [0.2, 0.25) is 0 Å². The summed E-state index contributed by atoms with van der Waals surface area (Å²) in [6.07, 6.45) is 0. The Morgan fingerprint density at radius 3 is 1.86 bits per heavy atom. The molecular formula is C25H29O2Si. The van der Waals surface area contributed by atoms with Crippen LogP contribution < -0.4 is 14.8 Å². The van der Waals surface area contributed by atoms with Crippen LogP contribution in [-0.2, 0) is 11.0 Å². The molecule has 3 aromatic rings. The van der Waals surface area contributed by atoms with E-state index in [1.54, 1.807) is 13.8 Å². The summed E-state index contributed by atoms with van der Waals surface area (Å²) in [5, 5.41) is 12.7. The van der Waals surface area contributed by atoms with Crippen molar-refractivity contribution in [2.75, 3.05) is 0 Å². The first-order valence-electron chi connectivity index (χ1n) is 9.69. The van der Waals surface area contributed by atoms with Gasteiger partial charge in [0.05, 0.1) is 5.60 Å². The van der Waals surface area contributed by atoms with E-state index in [-0.39, 0.29) is 5.41 Å². The Bertz CT molecular complexity index is 904. The van der Waals surface area contributed by atoms with E-state index < -0.39 is 14.6 Å². The van der Waals surface area contributed by atoms with Crippen molar-refractivity contribution in [1.29, 1.82) is 0 Å². The van der Waals surface area contributed by atoms with Crippen LogP contribution in [0.15, 0.2) is 78.9 Å². The highest BCUT2D eigenvalue weighted by molar-refractivity contribution is 6.80. The lowest BCUT2D eigenvalue weighted by Gasteiger charge is -2.23. The minimum atomic E-state index is -1.46. The predicted octanol–water partition coefficient (Wildman–Crippen LogP) is 4.40. The van der Waals surface area contributed by atoms with Crippen molar-refractivity contribution in [3.63, 3.8) is 0 Å². The van der Waals surface area contributed by atoms with Crippen molar-refractivity contribution in [2.45, 2.75) is 45.6 Å². The minimum absolute atomic E-state index is 0.125. The Hall–Kier alpha value is -2.36. The third-order valence-electron chi connectivity index (χ3n) is 4.81. The maximum atomic E-state index is 10.3. The predicted molar refractivity (Wildman–Crippen MR) is 119 cm³/mol. The van der Waals surface area contributed by atoms with Crippen LogP contribution in [0.3, 0.4) is 0 Å². The van der Waals surface area contributed by atoms with E-state index in [1.165, 1.54) is 15.9 Å². The molecule has 145 valence electrons. The number of rotatable bonds is 5. The van der Waals surface area contributed by atoms with Gasteiger partial charge in [-0.15, -0.1) is 0 Å². The van der Waals surface area contributed by atoms with Gasteiger partial charge in [-0.1, -0.05) is 87.5 Å². The van der Waals surface area contributed by atoms with Gasteiger partial charge in [0, 0.05) is 0 Å². The highest BCUT2D eigenvalue weighted by atomic mass is 28.3. The Morgan fingerprint density at radius 2 is 1.29 bits per heavy atom. The average Bonchev–Trinajstić information content (AvgIpc) is 2.66. The number of hydrogen-bond donors (Lipinski definition) is 1. The number of aliphatic hydroxyl groups is 1. The largest absolute Gasteiger partial charge is 0.533 e. The van der Waals surface area contributed by atoms with Crippen molar-refractivity contribution in [1.82, 2.24) is 0 Å². The highest BCUT2D eigenvalue weighted by Crippen LogP contribution is 2.24. The van der Waals surface area contributed by atoms with E-state index in [2.05, 4.69) is 69.3 Å². The first kappa shape index (κ1) is 20.4. The van der Waals surface area contributed by atoms with Crippen LogP contribution in [0, 0.1) is 0 Å². The maximum absolute atomic E-state index is 10.3. The van der Waals surface area contributed by atoms with Crippen molar-refractivity contribution >= 4 is 19.4 Å². The molecule has 0 saturated carbocycles. The minimum Gasteiger partial charge on any atom is -0.533 e. The lowest BCUT2D eigenvalue weighted by atomic mass is 9.87. The molecule has 0 unspecified atom stereocenters. The van der Waals surface area contributed by atoms with E-state index in [1.807, 2.05) is 30.3 Å². The second-order valence-corrected chi connectivity index (χ2v) is 10.7. The summed E-state index contributed by atoms with van der Waals surface area (Å²) in [4.78, 5) is 0. The second-order valence-electron chi connectivity index (χ2n) is 8.71. The summed E-state index contributed by atoms with van der Waals surface area (Å²) in [6, 6.07) is 27.0. The molecule has 0 aliphatic rings. The van der Waals surface area contributed by atoms with Crippen LogP contribution >= 0.6 is 0 Å². The van der Waals surface area contributed by atoms with Crippen molar-refractivity contribution in [3.05, 3.63) is 90.0 Å². The van der Waals surface area contributed by atoms with Gasteiger partial charge in [-0.05, 0) is 52.9 Å². The lowest BCUT2D eigenvalue weighted by molar-refractivity contribution is 0.0784. The van der Waals surface area contributed by atoms with E-state index in [0.717, 1.165) is 11.3 Å². The smallest absolute Gasteiger partial charge is 0.352 e. The lowest BCUT2D eigenvalue weighted by Crippen LogP contribution is -2.47. The van der Waals surface area contributed by atoms with Crippen molar-refractivity contribution in [3.8, 4) is 5.75 Å². The summed E-state index contributed by atoms with van der Waals surface area (Å²) in [5.41, 5.74) is 1.39. The average molecular weight is 390 g/mol. The monoisotopic (exact) mass is 389 g/mol. The Labute approximate surface area is 170 Å². The van der Waals surface area contributed by atoms with Crippen LogP contribution in [0.4, 0.5) is 0 Å². The molecule has 1 N–H and O–H groups in total. The molecule has 0 aromatic heterocycles. The fourth-order valence-corrected chi connectivity index (χ4v) is 4.95. The van der Waals surface area contributed by atoms with Gasteiger partial charge >= 0.3 is 9.04 Å². The first-order chi connectivity index (χ1) is 13.1. The zero-order chi connectivity index (χ0) is 20.4. The molecule has 3 rings (SSSR count). The number of hydrogen-bond acceptors (Lipinski definition) is 2. The standard InChI is InChI=1S/C25H29O2Si/c1-24(2,3)19-14-16-23(17-15-19)28(22-12-7-6-8-13-22)27-21-11-9-10-20(18-21)25(4,5)26/h6-18,26H,1-5H3. The molecule has 28 heavy (non-hydrogen) atoms. The van der Waals surface area contributed by atoms with Crippen LogP contribution in [0.5, 0.6) is 5.75 Å². The fourth-order valence-electron chi connectivity index (χ4n) is 3.05. The summed E-state index contributed by atoms with van der Waals surface area (Å²) >= 11 is 0. The molecule has 0 aliphatic carbocycles. The van der Waals surface area contributed by atoms with E-state index in [0.29, 0.717) is 0 Å². The van der Waals surface area contributed by atoms with E-state index in [4.69, 9.17) is 4.43 Å². The van der Waals surface area contributed by atoms with Crippen molar-refractivity contribution < 1.29 is 9.53 Å². The highest BCUT2D eigenvalue weighted by Gasteiger charge is 2.24. The molecule has 0 bridgehead atoms. The Kier molecular flexibility index (Phi) is 5.78. The molecule has 3 aromatic carbocycles. The van der Waals surface area contributed by atoms with E-state index >= 15 is 0 Å². The van der Waals surface area contributed by atoms with Gasteiger partial charge in [0.2, 0.25) is 0 Å². The second kappa shape index (κ2) is 7.94. The van der Waals surface area contributed by atoms with Gasteiger partial charge in [0.1, 0.15) is 5.75 Å². The van der Waals surface area contributed by atoms with Gasteiger partial charge in [0.15, 0.2) is 0 Å². The molecule has 3 heteroatoms. The Balaban J connectivity index is 1.97. The first-order valence-corrected chi connectivity index (χ1v) is 11.1. The molecule has 0 atom stereocenters. The van der Waals surface area contributed by atoms with Gasteiger partial charge in [-0.3, -0.25) is 0 Å². The normalized spacial score (nSPS) is 12.2. The van der Waals surface area contributed by atoms with Gasteiger partial charge in [0.25, 0.3) is 0 Å². The van der Waals surface area contributed by atoms with Crippen LogP contribution in [0.1, 0.15) is 45.7 Å². The molecule has 0 aliphatic heterocycles. The van der Waals surface area contributed by atoms with Gasteiger partial charge < -0.3 is 9.53 Å². The maximum Gasteiger partial charge on any atom is 0.352 e.